The third kappa shape index (κ3) is 4.52. The molecule has 3 rings (SSSR count). The van der Waals surface area contributed by atoms with Gasteiger partial charge in [-0.1, -0.05) is 18.2 Å². The fourth-order valence-electron chi connectivity index (χ4n) is 3.17. The van der Waals surface area contributed by atoms with Crippen LogP contribution in [0.25, 0.3) is 6.08 Å². The van der Waals surface area contributed by atoms with Gasteiger partial charge >= 0.3 is 0 Å². The molecular formula is C22H24N2O4. The highest BCUT2D eigenvalue weighted by Gasteiger charge is 2.21. The molecule has 1 heterocycles. The molecule has 0 atom stereocenters. The molecule has 1 aliphatic rings. The van der Waals surface area contributed by atoms with Crippen LogP contribution in [-0.4, -0.2) is 44.0 Å². The standard InChI is InChI=1S/C22H24N2O4/c1-27-19-11-9-16(15-20(19)28-2)10-12-21(25)23-18-8-4-3-7-17(18)22(26)24-13-5-6-14-24/h3-4,7-12,15H,5-6,13-14H2,1-2H3,(H,23,25)/b12-10+. The van der Waals surface area contributed by atoms with Gasteiger partial charge < -0.3 is 19.7 Å². The van der Waals surface area contributed by atoms with E-state index >= 15 is 0 Å². The van der Waals surface area contributed by atoms with Gasteiger partial charge in [-0.05, 0) is 48.7 Å². The number of likely N-dealkylation sites (tertiary alicyclic amines) is 1. The molecule has 0 spiro atoms. The van der Waals surface area contributed by atoms with Crippen molar-refractivity contribution in [3.05, 3.63) is 59.7 Å². The Kier molecular flexibility index (Phi) is 6.32. The van der Waals surface area contributed by atoms with E-state index in [2.05, 4.69) is 5.32 Å². The van der Waals surface area contributed by atoms with Crippen LogP contribution in [0.5, 0.6) is 11.5 Å². The number of anilines is 1. The predicted molar refractivity (Wildman–Crippen MR) is 109 cm³/mol. The Morgan fingerprint density at radius 2 is 1.71 bits per heavy atom. The number of nitrogens with one attached hydrogen (secondary N) is 1. The van der Waals surface area contributed by atoms with Crippen LogP contribution in [0.15, 0.2) is 48.5 Å². The summed E-state index contributed by atoms with van der Waals surface area (Å²) in [5.41, 5.74) is 1.83. The molecule has 0 aliphatic carbocycles. The number of para-hydroxylation sites is 1. The highest BCUT2D eigenvalue weighted by atomic mass is 16.5. The molecule has 0 bridgehead atoms. The largest absolute Gasteiger partial charge is 0.493 e. The number of amides is 2. The fraction of sp³-hybridized carbons (Fsp3) is 0.273. The van der Waals surface area contributed by atoms with Crippen LogP contribution in [-0.2, 0) is 4.79 Å². The first-order chi connectivity index (χ1) is 13.6. The zero-order valence-electron chi connectivity index (χ0n) is 16.1. The van der Waals surface area contributed by atoms with Gasteiger partial charge in [0, 0.05) is 19.2 Å². The van der Waals surface area contributed by atoms with Gasteiger partial charge in [-0.3, -0.25) is 9.59 Å². The number of ether oxygens (including phenoxy) is 2. The normalized spacial score (nSPS) is 13.6. The van der Waals surface area contributed by atoms with E-state index in [1.807, 2.05) is 11.0 Å². The molecule has 146 valence electrons. The van der Waals surface area contributed by atoms with Crippen LogP contribution >= 0.6 is 0 Å². The minimum Gasteiger partial charge on any atom is -0.493 e. The number of rotatable bonds is 6. The molecular weight excluding hydrogens is 356 g/mol. The molecule has 28 heavy (non-hydrogen) atoms. The van der Waals surface area contributed by atoms with E-state index < -0.39 is 0 Å². The van der Waals surface area contributed by atoms with Crippen LogP contribution in [0.3, 0.4) is 0 Å². The lowest BCUT2D eigenvalue weighted by molar-refractivity contribution is -0.111. The lowest BCUT2D eigenvalue weighted by atomic mass is 10.1. The number of hydrogen-bond acceptors (Lipinski definition) is 4. The van der Waals surface area contributed by atoms with Crippen LogP contribution in [0, 0.1) is 0 Å². The Hall–Kier alpha value is -3.28. The first kappa shape index (κ1) is 19.5. The van der Waals surface area contributed by atoms with Gasteiger partial charge in [0.05, 0.1) is 25.5 Å². The number of methoxy groups -OCH3 is 2. The molecule has 2 aromatic carbocycles. The van der Waals surface area contributed by atoms with E-state index in [-0.39, 0.29) is 11.8 Å². The topological polar surface area (TPSA) is 67.9 Å². The van der Waals surface area contributed by atoms with E-state index in [1.54, 1.807) is 56.7 Å². The first-order valence-electron chi connectivity index (χ1n) is 9.22. The fourth-order valence-corrected chi connectivity index (χ4v) is 3.17. The summed E-state index contributed by atoms with van der Waals surface area (Å²) in [7, 11) is 3.13. The third-order valence-corrected chi connectivity index (χ3v) is 4.64. The third-order valence-electron chi connectivity index (χ3n) is 4.64. The summed E-state index contributed by atoms with van der Waals surface area (Å²) in [6, 6.07) is 12.5. The Morgan fingerprint density at radius 1 is 1.00 bits per heavy atom. The van der Waals surface area contributed by atoms with Crippen molar-refractivity contribution in [1.29, 1.82) is 0 Å². The van der Waals surface area contributed by atoms with Gasteiger partial charge in [-0.2, -0.15) is 0 Å². The maximum atomic E-state index is 12.7. The molecule has 1 fully saturated rings. The molecule has 2 aromatic rings. The Labute approximate surface area is 164 Å². The molecule has 1 saturated heterocycles. The van der Waals surface area contributed by atoms with Crippen LogP contribution in [0.1, 0.15) is 28.8 Å². The average molecular weight is 380 g/mol. The lowest BCUT2D eigenvalue weighted by Crippen LogP contribution is -2.28. The molecule has 6 nitrogen and oxygen atoms in total. The number of benzene rings is 2. The lowest BCUT2D eigenvalue weighted by Gasteiger charge is -2.17. The van der Waals surface area contributed by atoms with Crippen molar-refractivity contribution in [3.8, 4) is 11.5 Å². The van der Waals surface area contributed by atoms with E-state index in [0.717, 1.165) is 31.5 Å². The number of nitrogens with zero attached hydrogens (tertiary/aromatic N) is 1. The Morgan fingerprint density at radius 3 is 2.43 bits per heavy atom. The van der Waals surface area contributed by atoms with Gasteiger partial charge in [0.2, 0.25) is 5.91 Å². The molecule has 1 N–H and O–H groups in total. The predicted octanol–water partition coefficient (Wildman–Crippen LogP) is 3.59. The molecule has 6 heteroatoms. The maximum absolute atomic E-state index is 12.7. The van der Waals surface area contributed by atoms with Crippen molar-refractivity contribution in [2.75, 3.05) is 32.6 Å². The van der Waals surface area contributed by atoms with Crippen molar-refractivity contribution in [2.45, 2.75) is 12.8 Å². The van der Waals surface area contributed by atoms with Crippen LogP contribution in [0.4, 0.5) is 5.69 Å². The highest BCUT2D eigenvalue weighted by molar-refractivity contribution is 6.07. The highest BCUT2D eigenvalue weighted by Crippen LogP contribution is 2.28. The second-order valence-electron chi connectivity index (χ2n) is 6.48. The van der Waals surface area contributed by atoms with E-state index in [4.69, 9.17) is 9.47 Å². The number of hydrogen-bond donors (Lipinski definition) is 1. The number of carbonyl (C=O) groups excluding carboxylic acids is 2. The van der Waals surface area contributed by atoms with Crippen molar-refractivity contribution >= 4 is 23.6 Å². The maximum Gasteiger partial charge on any atom is 0.255 e. The monoisotopic (exact) mass is 380 g/mol. The molecule has 0 aromatic heterocycles. The van der Waals surface area contributed by atoms with Crippen LogP contribution in [0.2, 0.25) is 0 Å². The zero-order chi connectivity index (χ0) is 19.9. The van der Waals surface area contributed by atoms with E-state index in [1.165, 1.54) is 6.08 Å². The second kappa shape index (κ2) is 9.08. The summed E-state index contributed by atoms with van der Waals surface area (Å²) in [5.74, 6) is 0.860. The van der Waals surface area contributed by atoms with Crippen LogP contribution < -0.4 is 14.8 Å². The van der Waals surface area contributed by atoms with Crippen molar-refractivity contribution in [1.82, 2.24) is 4.90 Å². The van der Waals surface area contributed by atoms with Crippen molar-refractivity contribution in [2.24, 2.45) is 0 Å². The Balaban J connectivity index is 1.71. The van der Waals surface area contributed by atoms with E-state index in [0.29, 0.717) is 22.7 Å². The quantitative estimate of drug-likeness (QED) is 0.778. The van der Waals surface area contributed by atoms with E-state index in [9.17, 15) is 9.59 Å². The summed E-state index contributed by atoms with van der Waals surface area (Å²) in [5, 5.41) is 2.81. The molecule has 0 unspecified atom stereocenters. The summed E-state index contributed by atoms with van der Waals surface area (Å²) in [4.78, 5) is 26.9. The summed E-state index contributed by atoms with van der Waals surface area (Å²) in [6.07, 6.45) is 5.16. The van der Waals surface area contributed by atoms with Crippen molar-refractivity contribution in [3.63, 3.8) is 0 Å². The van der Waals surface area contributed by atoms with Gasteiger partial charge in [-0.25, -0.2) is 0 Å². The van der Waals surface area contributed by atoms with Gasteiger partial charge in [0.25, 0.3) is 5.91 Å². The number of carbonyl (C=O) groups is 2. The van der Waals surface area contributed by atoms with Crippen molar-refractivity contribution < 1.29 is 19.1 Å². The molecule has 2 amide bonds. The minimum atomic E-state index is -0.309. The SMILES string of the molecule is COc1ccc(/C=C/C(=O)Nc2ccccc2C(=O)N2CCCC2)cc1OC. The smallest absolute Gasteiger partial charge is 0.255 e. The zero-order valence-corrected chi connectivity index (χ0v) is 16.1. The van der Waals surface area contributed by atoms with Gasteiger partial charge in [0.1, 0.15) is 0 Å². The summed E-state index contributed by atoms with van der Waals surface area (Å²) in [6.45, 7) is 1.53. The summed E-state index contributed by atoms with van der Waals surface area (Å²) < 4.78 is 10.5. The van der Waals surface area contributed by atoms with Gasteiger partial charge in [0.15, 0.2) is 11.5 Å². The molecule has 1 aliphatic heterocycles. The average Bonchev–Trinajstić information content (AvgIpc) is 3.27. The molecule has 0 saturated carbocycles. The first-order valence-corrected chi connectivity index (χ1v) is 9.22. The molecule has 0 radical (unpaired) electrons. The Bertz CT molecular complexity index is 886. The summed E-state index contributed by atoms with van der Waals surface area (Å²) >= 11 is 0. The second-order valence-corrected chi connectivity index (χ2v) is 6.48. The van der Waals surface area contributed by atoms with Gasteiger partial charge in [-0.15, -0.1) is 0 Å². The minimum absolute atomic E-state index is 0.0442.